The van der Waals surface area contributed by atoms with Gasteiger partial charge in [0.1, 0.15) is 5.65 Å². The van der Waals surface area contributed by atoms with E-state index in [4.69, 9.17) is 0 Å². The molecule has 4 nitrogen and oxygen atoms in total. The van der Waals surface area contributed by atoms with Crippen molar-refractivity contribution in [2.45, 2.75) is 65.3 Å². The van der Waals surface area contributed by atoms with Gasteiger partial charge >= 0.3 is 0 Å². The summed E-state index contributed by atoms with van der Waals surface area (Å²) < 4.78 is 0. The Hall–Kier alpha value is -1.84. The summed E-state index contributed by atoms with van der Waals surface area (Å²) in [6.45, 7) is 7.00. The number of hydrogen-bond acceptors (Lipinski definition) is 2. The van der Waals surface area contributed by atoms with Gasteiger partial charge < -0.3 is 10.3 Å². The van der Waals surface area contributed by atoms with E-state index in [1.54, 1.807) is 6.20 Å². The largest absolute Gasteiger partial charge is 0.353 e. The van der Waals surface area contributed by atoms with Crippen LogP contribution in [0.5, 0.6) is 0 Å². The van der Waals surface area contributed by atoms with Crippen LogP contribution in [-0.2, 0) is 11.2 Å². The van der Waals surface area contributed by atoms with Crippen molar-refractivity contribution in [3.05, 3.63) is 30.1 Å². The summed E-state index contributed by atoms with van der Waals surface area (Å²) in [4.78, 5) is 19.9. The Kier molecular flexibility index (Phi) is 4.93. The molecule has 1 amide bonds. The maximum atomic E-state index is 12.5. The standard InChI is InChI=1S/C20H29N3O/c1-20(2,3)15-6-4-7-16(10-9-15)23-18(24)12-14-13-22-19-17(14)8-5-11-21-19/h5,8,11,13,15-16H,4,6-7,9-10,12H2,1-3H3,(H,21,22)(H,23,24)/t15-,16-/m1/s1. The van der Waals surface area contributed by atoms with Crippen molar-refractivity contribution in [1.82, 2.24) is 15.3 Å². The Labute approximate surface area is 144 Å². The van der Waals surface area contributed by atoms with Crippen molar-refractivity contribution in [3.8, 4) is 0 Å². The number of aromatic amines is 1. The maximum absolute atomic E-state index is 12.5. The van der Waals surface area contributed by atoms with Crippen LogP contribution in [0.4, 0.5) is 0 Å². The van der Waals surface area contributed by atoms with E-state index in [0.717, 1.165) is 35.4 Å². The number of nitrogens with one attached hydrogen (secondary N) is 2. The van der Waals surface area contributed by atoms with E-state index in [-0.39, 0.29) is 5.91 Å². The number of pyridine rings is 1. The predicted molar refractivity (Wildman–Crippen MR) is 97.8 cm³/mol. The van der Waals surface area contributed by atoms with E-state index < -0.39 is 0 Å². The van der Waals surface area contributed by atoms with Crippen LogP contribution in [0, 0.1) is 11.3 Å². The summed E-state index contributed by atoms with van der Waals surface area (Å²) in [7, 11) is 0. The minimum Gasteiger partial charge on any atom is -0.353 e. The number of aromatic nitrogens is 2. The Morgan fingerprint density at radius 2 is 2.12 bits per heavy atom. The van der Waals surface area contributed by atoms with Gasteiger partial charge in [-0.25, -0.2) is 4.98 Å². The summed E-state index contributed by atoms with van der Waals surface area (Å²) >= 11 is 0. The monoisotopic (exact) mass is 327 g/mol. The van der Waals surface area contributed by atoms with Crippen LogP contribution in [0.2, 0.25) is 0 Å². The third-order valence-corrected chi connectivity index (χ3v) is 5.45. The first-order valence-corrected chi connectivity index (χ1v) is 9.14. The molecule has 0 radical (unpaired) electrons. The molecule has 3 rings (SSSR count). The second-order valence-corrected chi connectivity index (χ2v) is 8.23. The van der Waals surface area contributed by atoms with Gasteiger partial charge in [-0.05, 0) is 54.7 Å². The molecule has 0 aliphatic heterocycles. The summed E-state index contributed by atoms with van der Waals surface area (Å²) in [6, 6.07) is 4.25. The molecule has 0 saturated heterocycles. The minimum absolute atomic E-state index is 0.124. The van der Waals surface area contributed by atoms with E-state index in [1.165, 1.54) is 19.3 Å². The molecule has 0 spiro atoms. The highest BCUT2D eigenvalue weighted by molar-refractivity contribution is 5.87. The number of H-pyrrole nitrogens is 1. The molecule has 1 aliphatic rings. The van der Waals surface area contributed by atoms with E-state index in [0.29, 0.717) is 17.9 Å². The van der Waals surface area contributed by atoms with Crippen molar-refractivity contribution in [1.29, 1.82) is 0 Å². The van der Waals surface area contributed by atoms with Gasteiger partial charge in [0.2, 0.25) is 5.91 Å². The highest BCUT2D eigenvalue weighted by Crippen LogP contribution is 2.36. The van der Waals surface area contributed by atoms with Crippen LogP contribution < -0.4 is 5.32 Å². The second-order valence-electron chi connectivity index (χ2n) is 8.23. The smallest absolute Gasteiger partial charge is 0.224 e. The number of carbonyl (C=O) groups excluding carboxylic acids is 1. The molecule has 2 atom stereocenters. The third kappa shape index (κ3) is 3.97. The average Bonchev–Trinajstić information content (AvgIpc) is 2.76. The van der Waals surface area contributed by atoms with E-state index in [1.807, 2.05) is 18.3 Å². The molecular formula is C20H29N3O. The molecule has 1 saturated carbocycles. The summed E-state index contributed by atoms with van der Waals surface area (Å²) in [5, 5.41) is 4.30. The molecule has 0 unspecified atom stereocenters. The van der Waals surface area contributed by atoms with Crippen LogP contribution in [0.15, 0.2) is 24.5 Å². The molecule has 1 aliphatic carbocycles. The van der Waals surface area contributed by atoms with Crippen LogP contribution >= 0.6 is 0 Å². The fraction of sp³-hybridized carbons (Fsp3) is 0.600. The highest BCUT2D eigenvalue weighted by atomic mass is 16.1. The first-order valence-electron chi connectivity index (χ1n) is 9.14. The SMILES string of the molecule is CC(C)(C)[C@@H]1CCC[C@@H](NC(=O)Cc2c[nH]c3ncccc23)CC1. The van der Waals surface area contributed by atoms with Crippen LogP contribution in [0.3, 0.4) is 0 Å². The van der Waals surface area contributed by atoms with Gasteiger partial charge in [-0.2, -0.15) is 0 Å². The molecule has 0 bridgehead atoms. The lowest BCUT2D eigenvalue weighted by molar-refractivity contribution is -0.121. The van der Waals surface area contributed by atoms with Crippen LogP contribution in [0.1, 0.15) is 58.4 Å². The molecule has 0 aromatic carbocycles. The first kappa shape index (κ1) is 17.0. The zero-order chi connectivity index (χ0) is 17.2. The van der Waals surface area contributed by atoms with Gasteiger partial charge in [-0.15, -0.1) is 0 Å². The van der Waals surface area contributed by atoms with E-state index in [9.17, 15) is 4.79 Å². The molecule has 2 heterocycles. The lowest BCUT2D eigenvalue weighted by Crippen LogP contribution is -2.35. The van der Waals surface area contributed by atoms with Gasteiger partial charge in [-0.1, -0.05) is 27.2 Å². The Morgan fingerprint density at radius 1 is 1.29 bits per heavy atom. The minimum atomic E-state index is 0.124. The number of carbonyl (C=O) groups is 1. The van der Waals surface area contributed by atoms with Crippen molar-refractivity contribution in [3.63, 3.8) is 0 Å². The number of nitrogens with zero attached hydrogens (tertiary/aromatic N) is 1. The topological polar surface area (TPSA) is 57.8 Å². The zero-order valence-electron chi connectivity index (χ0n) is 15.1. The Morgan fingerprint density at radius 3 is 2.92 bits per heavy atom. The fourth-order valence-electron chi connectivity index (χ4n) is 3.92. The Balaban J connectivity index is 1.57. The zero-order valence-corrected chi connectivity index (χ0v) is 15.1. The molecule has 24 heavy (non-hydrogen) atoms. The lowest BCUT2D eigenvalue weighted by Gasteiger charge is -2.29. The number of rotatable bonds is 3. The first-order chi connectivity index (χ1) is 11.4. The van der Waals surface area contributed by atoms with Crippen molar-refractivity contribution in [2.75, 3.05) is 0 Å². The van der Waals surface area contributed by atoms with E-state index in [2.05, 4.69) is 36.1 Å². The number of amides is 1. The summed E-state index contributed by atoms with van der Waals surface area (Å²) in [5.74, 6) is 0.887. The number of hydrogen-bond donors (Lipinski definition) is 2. The van der Waals surface area contributed by atoms with Gasteiger partial charge in [0.25, 0.3) is 0 Å². The molecular weight excluding hydrogens is 298 g/mol. The molecule has 2 aromatic rings. The molecule has 130 valence electrons. The maximum Gasteiger partial charge on any atom is 0.224 e. The second kappa shape index (κ2) is 6.96. The van der Waals surface area contributed by atoms with Gasteiger partial charge in [0, 0.05) is 23.8 Å². The predicted octanol–water partition coefficient (Wildman–Crippen LogP) is 4.22. The average molecular weight is 327 g/mol. The Bertz CT molecular complexity index is 698. The van der Waals surface area contributed by atoms with Crippen molar-refractivity contribution < 1.29 is 4.79 Å². The normalized spacial score (nSPS) is 22.3. The highest BCUT2D eigenvalue weighted by Gasteiger charge is 2.28. The molecule has 2 aromatic heterocycles. The van der Waals surface area contributed by atoms with Crippen molar-refractivity contribution in [2.24, 2.45) is 11.3 Å². The number of fused-ring (bicyclic) bond motifs is 1. The molecule has 2 N–H and O–H groups in total. The fourth-order valence-corrected chi connectivity index (χ4v) is 3.92. The lowest BCUT2D eigenvalue weighted by atomic mass is 9.76. The summed E-state index contributed by atoms with van der Waals surface area (Å²) in [5.41, 5.74) is 2.25. The van der Waals surface area contributed by atoms with Crippen LogP contribution in [-0.4, -0.2) is 21.9 Å². The molecule has 1 fully saturated rings. The van der Waals surface area contributed by atoms with E-state index >= 15 is 0 Å². The van der Waals surface area contributed by atoms with Crippen LogP contribution in [0.25, 0.3) is 11.0 Å². The van der Waals surface area contributed by atoms with Gasteiger partial charge in [0.05, 0.1) is 6.42 Å². The van der Waals surface area contributed by atoms with Crippen molar-refractivity contribution >= 4 is 16.9 Å². The quantitative estimate of drug-likeness (QED) is 0.829. The third-order valence-electron chi connectivity index (χ3n) is 5.45. The van der Waals surface area contributed by atoms with Gasteiger partial charge in [-0.3, -0.25) is 4.79 Å². The van der Waals surface area contributed by atoms with Gasteiger partial charge in [0.15, 0.2) is 0 Å². The summed E-state index contributed by atoms with van der Waals surface area (Å²) in [6.07, 6.45) is 10.0. The molecule has 4 heteroatoms.